The van der Waals surface area contributed by atoms with Gasteiger partial charge in [-0.15, -0.1) is 0 Å². The Labute approximate surface area is 134 Å². The number of ether oxygens (including phenoxy) is 1. The Hall–Kier alpha value is -2.89. The SMILES string of the molecule is Cc1cc(Oc2ccccc2)nc(N2CCn3cncc3C2)n1. The van der Waals surface area contributed by atoms with Crippen LogP contribution >= 0.6 is 0 Å². The zero-order chi connectivity index (χ0) is 15.6. The first-order valence-corrected chi connectivity index (χ1v) is 7.60. The molecule has 0 fully saturated rings. The number of benzene rings is 1. The number of nitrogens with zero attached hydrogens (tertiary/aromatic N) is 5. The van der Waals surface area contributed by atoms with E-state index in [9.17, 15) is 0 Å². The van der Waals surface area contributed by atoms with Crippen LogP contribution in [0.2, 0.25) is 0 Å². The monoisotopic (exact) mass is 307 g/mol. The Kier molecular flexibility index (Phi) is 3.42. The van der Waals surface area contributed by atoms with Crippen LogP contribution in [0.25, 0.3) is 0 Å². The second-order valence-corrected chi connectivity index (χ2v) is 5.56. The summed E-state index contributed by atoms with van der Waals surface area (Å²) in [4.78, 5) is 15.5. The van der Waals surface area contributed by atoms with E-state index in [2.05, 4.69) is 24.4 Å². The first kappa shape index (κ1) is 13.8. The Bertz CT molecular complexity index is 815. The number of aryl methyl sites for hydroxylation is 1. The summed E-state index contributed by atoms with van der Waals surface area (Å²) in [5.74, 6) is 2.04. The minimum atomic E-state index is 0.567. The van der Waals surface area contributed by atoms with Crippen LogP contribution in [0.3, 0.4) is 0 Å². The van der Waals surface area contributed by atoms with Gasteiger partial charge >= 0.3 is 0 Å². The average Bonchev–Trinajstić information content (AvgIpc) is 3.03. The van der Waals surface area contributed by atoms with Gasteiger partial charge in [0, 0.05) is 31.0 Å². The Morgan fingerprint density at radius 1 is 1.09 bits per heavy atom. The van der Waals surface area contributed by atoms with Crippen molar-refractivity contribution in [1.82, 2.24) is 19.5 Å². The molecule has 0 saturated heterocycles. The minimum absolute atomic E-state index is 0.567. The fourth-order valence-corrected chi connectivity index (χ4v) is 2.68. The van der Waals surface area contributed by atoms with Gasteiger partial charge < -0.3 is 14.2 Å². The molecule has 0 N–H and O–H groups in total. The smallest absolute Gasteiger partial charge is 0.229 e. The zero-order valence-corrected chi connectivity index (χ0v) is 12.9. The highest BCUT2D eigenvalue weighted by molar-refractivity contribution is 5.37. The molecule has 6 heteroatoms. The highest BCUT2D eigenvalue weighted by atomic mass is 16.5. The molecule has 0 atom stereocenters. The van der Waals surface area contributed by atoms with E-state index < -0.39 is 0 Å². The van der Waals surface area contributed by atoms with Crippen molar-refractivity contribution < 1.29 is 4.74 Å². The summed E-state index contributed by atoms with van der Waals surface area (Å²) in [7, 11) is 0. The van der Waals surface area contributed by atoms with Crippen molar-refractivity contribution in [2.75, 3.05) is 11.4 Å². The lowest BCUT2D eigenvalue weighted by Crippen LogP contribution is -2.34. The number of para-hydroxylation sites is 1. The Balaban J connectivity index is 1.60. The van der Waals surface area contributed by atoms with Crippen LogP contribution in [-0.4, -0.2) is 26.1 Å². The standard InChI is InChI=1S/C17H17N5O/c1-13-9-16(23-15-5-3-2-4-6-15)20-17(19-13)21-7-8-22-12-18-10-14(22)11-21/h2-6,9-10,12H,7-8,11H2,1H3. The highest BCUT2D eigenvalue weighted by Gasteiger charge is 2.19. The molecule has 3 heterocycles. The molecule has 0 radical (unpaired) electrons. The molecule has 2 aromatic heterocycles. The fourth-order valence-electron chi connectivity index (χ4n) is 2.68. The second kappa shape index (κ2) is 5.72. The number of aromatic nitrogens is 4. The quantitative estimate of drug-likeness (QED) is 0.745. The lowest BCUT2D eigenvalue weighted by molar-refractivity contribution is 0.458. The van der Waals surface area contributed by atoms with Crippen LogP contribution in [-0.2, 0) is 13.1 Å². The van der Waals surface area contributed by atoms with Gasteiger partial charge in [0.2, 0.25) is 11.8 Å². The predicted molar refractivity (Wildman–Crippen MR) is 86.6 cm³/mol. The maximum atomic E-state index is 5.85. The number of hydrogen-bond donors (Lipinski definition) is 0. The van der Waals surface area contributed by atoms with Gasteiger partial charge in [-0.25, -0.2) is 9.97 Å². The van der Waals surface area contributed by atoms with Crippen molar-refractivity contribution in [3.8, 4) is 11.6 Å². The van der Waals surface area contributed by atoms with E-state index >= 15 is 0 Å². The van der Waals surface area contributed by atoms with Gasteiger partial charge in [-0.3, -0.25) is 0 Å². The van der Waals surface area contributed by atoms with E-state index in [0.717, 1.165) is 31.1 Å². The van der Waals surface area contributed by atoms with E-state index in [1.165, 1.54) is 5.69 Å². The van der Waals surface area contributed by atoms with Crippen LogP contribution in [0.1, 0.15) is 11.4 Å². The molecule has 1 aromatic carbocycles. The molecule has 0 bridgehead atoms. The maximum absolute atomic E-state index is 5.85. The number of hydrogen-bond acceptors (Lipinski definition) is 5. The molecule has 6 nitrogen and oxygen atoms in total. The van der Waals surface area contributed by atoms with Crippen molar-refractivity contribution in [3.63, 3.8) is 0 Å². The third-order valence-corrected chi connectivity index (χ3v) is 3.83. The summed E-state index contributed by atoms with van der Waals surface area (Å²) in [6.07, 6.45) is 3.76. The summed E-state index contributed by atoms with van der Waals surface area (Å²) in [5.41, 5.74) is 2.06. The van der Waals surface area contributed by atoms with Gasteiger partial charge in [0.1, 0.15) is 5.75 Å². The molecule has 0 spiro atoms. The number of fused-ring (bicyclic) bond motifs is 1. The van der Waals surface area contributed by atoms with Crippen molar-refractivity contribution in [2.24, 2.45) is 0 Å². The van der Waals surface area contributed by atoms with Crippen LogP contribution in [0, 0.1) is 6.92 Å². The lowest BCUT2D eigenvalue weighted by Gasteiger charge is -2.28. The molecule has 0 aliphatic carbocycles. The molecule has 23 heavy (non-hydrogen) atoms. The average molecular weight is 307 g/mol. The molecule has 0 amide bonds. The maximum Gasteiger partial charge on any atom is 0.229 e. The molecule has 0 unspecified atom stereocenters. The van der Waals surface area contributed by atoms with Gasteiger partial charge in [-0.2, -0.15) is 4.98 Å². The van der Waals surface area contributed by atoms with Crippen LogP contribution in [0.15, 0.2) is 48.9 Å². The Morgan fingerprint density at radius 3 is 2.83 bits per heavy atom. The summed E-state index contributed by atoms with van der Waals surface area (Å²) in [6, 6.07) is 11.5. The molecule has 0 saturated carbocycles. The summed E-state index contributed by atoms with van der Waals surface area (Å²) < 4.78 is 8.01. The van der Waals surface area contributed by atoms with Crippen LogP contribution in [0.5, 0.6) is 11.6 Å². The van der Waals surface area contributed by atoms with E-state index in [4.69, 9.17) is 4.74 Å². The third kappa shape index (κ3) is 2.88. The summed E-state index contributed by atoms with van der Waals surface area (Å²) >= 11 is 0. The van der Waals surface area contributed by atoms with Gasteiger partial charge in [0.05, 0.1) is 18.6 Å². The van der Waals surface area contributed by atoms with Gasteiger partial charge in [-0.05, 0) is 19.1 Å². The normalized spacial score (nSPS) is 13.7. The number of imidazole rings is 1. The molecular formula is C17H17N5O. The third-order valence-electron chi connectivity index (χ3n) is 3.83. The van der Waals surface area contributed by atoms with E-state index in [1.54, 1.807) is 0 Å². The first-order valence-electron chi connectivity index (χ1n) is 7.60. The fraction of sp³-hybridized carbons (Fsp3) is 0.235. The van der Waals surface area contributed by atoms with Gasteiger partial charge in [0.15, 0.2) is 0 Å². The van der Waals surface area contributed by atoms with Gasteiger partial charge in [0.25, 0.3) is 0 Å². The number of anilines is 1. The van der Waals surface area contributed by atoms with Crippen molar-refractivity contribution in [3.05, 3.63) is 60.3 Å². The van der Waals surface area contributed by atoms with E-state index in [-0.39, 0.29) is 0 Å². The van der Waals surface area contributed by atoms with Crippen LogP contribution in [0.4, 0.5) is 5.95 Å². The summed E-state index contributed by atoms with van der Waals surface area (Å²) in [5, 5.41) is 0. The largest absolute Gasteiger partial charge is 0.439 e. The topological polar surface area (TPSA) is 56.1 Å². The van der Waals surface area contributed by atoms with Crippen LogP contribution < -0.4 is 9.64 Å². The molecular weight excluding hydrogens is 290 g/mol. The number of rotatable bonds is 3. The molecule has 1 aliphatic rings. The van der Waals surface area contributed by atoms with E-state index in [1.807, 2.05) is 55.8 Å². The molecule has 1 aliphatic heterocycles. The minimum Gasteiger partial charge on any atom is -0.439 e. The highest BCUT2D eigenvalue weighted by Crippen LogP contribution is 2.24. The van der Waals surface area contributed by atoms with Crippen molar-refractivity contribution in [1.29, 1.82) is 0 Å². The van der Waals surface area contributed by atoms with E-state index in [0.29, 0.717) is 11.8 Å². The van der Waals surface area contributed by atoms with Crippen molar-refractivity contribution in [2.45, 2.75) is 20.0 Å². The molecule has 116 valence electrons. The van der Waals surface area contributed by atoms with Crippen molar-refractivity contribution >= 4 is 5.95 Å². The van der Waals surface area contributed by atoms with Gasteiger partial charge in [-0.1, -0.05) is 18.2 Å². The Morgan fingerprint density at radius 2 is 1.96 bits per heavy atom. The lowest BCUT2D eigenvalue weighted by atomic mass is 10.3. The second-order valence-electron chi connectivity index (χ2n) is 5.56. The first-order chi connectivity index (χ1) is 11.3. The molecule has 4 rings (SSSR count). The molecule has 3 aromatic rings. The predicted octanol–water partition coefficient (Wildman–Crippen LogP) is 2.79. The summed E-state index contributed by atoms with van der Waals surface area (Å²) in [6.45, 7) is 4.46. The zero-order valence-electron chi connectivity index (χ0n) is 12.9.